The van der Waals surface area contributed by atoms with Crippen molar-refractivity contribution in [1.29, 1.82) is 0 Å². The highest BCUT2D eigenvalue weighted by Crippen LogP contribution is 2.34. The molecule has 0 amide bonds. The number of anilines is 1. The van der Waals surface area contributed by atoms with E-state index in [1.54, 1.807) is 0 Å². The van der Waals surface area contributed by atoms with Gasteiger partial charge in [-0.2, -0.15) is 0 Å². The van der Waals surface area contributed by atoms with Gasteiger partial charge in [0.15, 0.2) is 11.5 Å². The Kier molecular flexibility index (Phi) is 2.89. The molecule has 0 radical (unpaired) electrons. The number of nitrogen functional groups attached to an aromatic ring is 1. The van der Waals surface area contributed by atoms with Gasteiger partial charge in [-0.3, -0.25) is 14.9 Å². The van der Waals surface area contributed by atoms with Gasteiger partial charge in [0.2, 0.25) is 0 Å². The van der Waals surface area contributed by atoms with Crippen molar-refractivity contribution < 1.29 is 14.5 Å². The number of nitrogens with two attached hydrogens (primary N) is 1. The molecule has 0 saturated carbocycles. The summed E-state index contributed by atoms with van der Waals surface area (Å²) in [7, 11) is 1.29. The molecule has 0 unspecified atom stereocenters. The molecule has 0 aromatic heterocycles. The van der Waals surface area contributed by atoms with Gasteiger partial charge in [-0.15, -0.1) is 0 Å². The lowest BCUT2D eigenvalue weighted by Crippen LogP contribution is -2.06. The minimum Gasteiger partial charge on any atom is -0.490 e. The highest BCUT2D eigenvalue weighted by Gasteiger charge is 2.25. The Bertz CT molecular complexity index is 428. The number of methoxy groups -OCH3 is 1. The van der Waals surface area contributed by atoms with E-state index in [-0.39, 0.29) is 22.7 Å². The van der Waals surface area contributed by atoms with Gasteiger partial charge in [-0.1, -0.05) is 0 Å². The average molecular weight is 210 g/mol. The number of carbonyl (C=O) groups is 1. The zero-order valence-electron chi connectivity index (χ0n) is 8.31. The maximum Gasteiger partial charge on any atom is 0.323 e. The SMILES string of the molecule is COc1ccc(N)c(C(C)=O)c1[N+](=O)[O-]. The summed E-state index contributed by atoms with van der Waals surface area (Å²) in [6, 6.07) is 2.77. The van der Waals surface area contributed by atoms with Crippen LogP contribution < -0.4 is 10.5 Å². The van der Waals surface area contributed by atoms with E-state index in [0.29, 0.717) is 0 Å². The number of carbonyl (C=O) groups excluding carboxylic acids is 1. The largest absolute Gasteiger partial charge is 0.490 e. The first kappa shape index (κ1) is 11.0. The van der Waals surface area contributed by atoms with Crippen LogP contribution in [0, 0.1) is 10.1 Å². The average Bonchev–Trinajstić information content (AvgIpc) is 2.16. The molecule has 2 N–H and O–H groups in total. The summed E-state index contributed by atoms with van der Waals surface area (Å²) in [6.45, 7) is 1.22. The summed E-state index contributed by atoms with van der Waals surface area (Å²) in [4.78, 5) is 21.3. The minimum atomic E-state index is -0.675. The second kappa shape index (κ2) is 3.95. The van der Waals surface area contributed by atoms with Crippen LogP contribution >= 0.6 is 0 Å². The molecule has 0 saturated heterocycles. The van der Waals surface area contributed by atoms with Crippen molar-refractivity contribution in [3.8, 4) is 5.75 Å². The van der Waals surface area contributed by atoms with Crippen LogP contribution in [0.1, 0.15) is 17.3 Å². The number of ketones is 1. The molecule has 80 valence electrons. The van der Waals surface area contributed by atoms with E-state index in [1.165, 1.54) is 26.2 Å². The summed E-state index contributed by atoms with van der Waals surface area (Å²) < 4.78 is 4.80. The van der Waals surface area contributed by atoms with Crippen molar-refractivity contribution >= 4 is 17.2 Å². The molecule has 0 aliphatic carbocycles. The summed E-state index contributed by atoms with van der Waals surface area (Å²) >= 11 is 0. The maximum absolute atomic E-state index is 11.2. The van der Waals surface area contributed by atoms with Crippen LogP contribution in [0.25, 0.3) is 0 Å². The summed E-state index contributed by atoms with van der Waals surface area (Å²) in [6.07, 6.45) is 0. The van der Waals surface area contributed by atoms with Crippen molar-refractivity contribution in [1.82, 2.24) is 0 Å². The Morgan fingerprint density at radius 1 is 1.53 bits per heavy atom. The number of Topliss-reactive ketones (excluding diaryl/α,β-unsaturated/α-hetero) is 1. The highest BCUT2D eigenvalue weighted by atomic mass is 16.6. The first-order valence-electron chi connectivity index (χ1n) is 4.10. The molecule has 0 heterocycles. The van der Waals surface area contributed by atoms with Gasteiger partial charge in [-0.25, -0.2) is 0 Å². The Hall–Kier alpha value is -2.11. The van der Waals surface area contributed by atoms with E-state index in [0.717, 1.165) is 0 Å². The van der Waals surface area contributed by atoms with Crippen molar-refractivity contribution in [3.05, 3.63) is 27.8 Å². The fourth-order valence-electron chi connectivity index (χ4n) is 1.30. The molecule has 1 rings (SSSR count). The van der Waals surface area contributed by atoms with E-state index >= 15 is 0 Å². The molecule has 1 aromatic carbocycles. The number of nitro groups is 1. The number of ether oxygens (including phenoxy) is 1. The fraction of sp³-hybridized carbons (Fsp3) is 0.222. The Labute approximate surface area is 85.8 Å². The highest BCUT2D eigenvalue weighted by molar-refractivity contribution is 6.04. The molecule has 15 heavy (non-hydrogen) atoms. The molecular weight excluding hydrogens is 200 g/mol. The Balaban J connectivity index is 3.58. The quantitative estimate of drug-likeness (QED) is 0.352. The van der Waals surface area contributed by atoms with Crippen molar-refractivity contribution in [2.45, 2.75) is 6.92 Å². The second-order valence-electron chi connectivity index (χ2n) is 2.89. The third-order valence-corrected chi connectivity index (χ3v) is 1.93. The van der Waals surface area contributed by atoms with Gasteiger partial charge in [0.05, 0.1) is 12.0 Å². The third kappa shape index (κ3) is 1.88. The van der Waals surface area contributed by atoms with Gasteiger partial charge in [-0.05, 0) is 19.1 Å². The topological polar surface area (TPSA) is 95.5 Å². The van der Waals surface area contributed by atoms with Crippen LogP contribution in [0.4, 0.5) is 11.4 Å². The monoisotopic (exact) mass is 210 g/mol. The van der Waals surface area contributed by atoms with E-state index < -0.39 is 10.7 Å². The number of hydrogen-bond acceptors (Lipinski definition) is 5. The van der Waals surface area contributed by atoms with E-state index in [4.69, 9.17) is 10.5 Å². The van der Waals surface area contributed by atoms with Gasteiger partial charge >= 0.3 is 5.69 Å². The number of nitro benzene ring substituents is 1. The van der Waals surface area contributed by atoms with E-state index in [1.807, 2.05) is 0 Å². The van der Waals surface area contributed by atoms with Gasteiger partial charge in [0.1, 0.15) is 5.56 Å². The Morgan fingerprint density at radius 3 is 2.53 bits per heavy atom. The second-order valence-corrected chi connectivity index (χ2v) is 2.89. The molecule has 0 atom stereocenters. The number of rotatable bonds is 3. The standard InChI is InChI=1S/C9H10N2O4/c1-5(12)8-6(10)3-4-7(15-2)9(8)11(13)14/h3-4H,10H2,1-2H3. The third-order valence-electron chi connectivity index (χ3n) is 1.93. The van der Waals surface area contributed by atoms with E-state index in [2.05, 4.69) is 0 Å². The lowest BCUT2D eigenvalue weighted by atomic mass is 10.1. The summed E-state index contributed by atoms with van der Waals surface area (Å²) in [5.41, 5.74) is 5.09. The first-order valence-corrected chi connectivity index (χ1v) is 4.10. The molecule has 0 aliphatic heterocycles. The molecule has 0 fully saturated rings. The molecule has 6 heteroatoms. The first-order chi connectivity index (χ1) is 6.99. The molecule has 1 aromatic rings. The maximum atomic E-state index is 11.2. The predicted octanol–water partition coefficient (Wildman–Crippen LogP) is 1.39. The van der Waals surface area contributed by atoms with Gasteiger partial charge in [0.25, 0.3) is 0 Å². The zero-order valence-corrected chi connectivity index (χ0v) is 8.31. The minimum absolute atomic E-state index is 0.0272. The fourth-order valence-corrected chi connectivity index (χ4v) is 1.30. The molecule has 0 bridgehead atoms. The van der Waals surface area contributed by atoms with Crippen LogP contribution in [0.3, 0.4) is 0 Å². The Morgan fingerprint density at radius 2 is 2.13 bits per heavy atom. The van der Waals surface area contributed by atoms with Crippen LogP contribution in [-0.2, 0) is 0 Å². The lowest BCUT2D eigenvalue weighted by Gasteiger charge is -2.06. The normalized spacial score (nSPS) is 9.73. The molecule has 0 spiro atoms. The molecule has 0 aliphatic rings. The van der Waals surface area contributed by atoms with Crippen LogP contribution in [0.2, 0.25) is 0 Å². The van der Waals surface area contributed by atoms with Crippen LogP contribution in [0.15, 0.2) is 12.1 Å². The van der Waals surface area contributed by atoms with Crippen molar-refractivity contribution in [2.24, 2.45) is 0 Å². The van der Waals surface area contributed by atoms with Gasteiger partial charge < -0.3 is 10.5 Å². The number of nitrogens with zero attached hydrogens (tertiary/aromatic N) is 1. The molecule has 6 nitrogen and oxygen atoms in total. The number of hydrogen-bond donors (Lipinski definition) is 1. The van der Waals surface area contributed by atoms with Crippen molar-refractivity contribution in [2.75, 3.05) is 12.8 Å². The van der Waals surface area contributed by atoms with Crippen LogP contribution in [0.5, 0.6) is 5.75 Å². The van der Waals surface area contributed by atoms with E-state index in [9.17, 15) is 14.9 Å². The van der Waals surface area contributed by atoms with Gasteiger partial charge in [0, 0.05) is 5.69 Å². The number of benzene rings is 1. The summed E-state index contributed by atoms with van der Waals surface area (Å²) in [5, 5.41) is 10.8. The van der Waals surface area contributed by atoms with Crippen LogP contribution in [-0.4, -0.2) is 17.8 Å². The zero-order chi connectivity index (χ0) is 11.6. The lowest BCUT2D eigenvalue weighted by molar-refractivity contribution is -0.385. The predicted molar refractivity (Wildman–Crippen MR) is 54.1 cm³/mol. The summed E-state index contributed by atoms with van der Waals surface area (Å²) in [5.74, 6) is -0.433. The smallest absolute Gasteiger partial charge is 0.323 e. The van der Waals surface area contributed by atoms with Crippen molar-refractivity contribution in [3.63, 3.8) is 0 Å². The molecular formula is C9H10N2O4.